The number of rotatable bonds is 10. The number of hydrogen-bond acceptors (Lipinski definition) is 6. The predicted molar refractivity (Wildman–Crippen MR) is 175 cm³/mol. The van der Waals surface area contributed by atoms with Crippen molar-refractivity contribution in [1.82, 2.24) is 15.3 Å². The van der Waals surface area contributed by atoms with Gasteiger partial charge in [-0.15, -0.1) is 11.8 Å². The molecule has 44 heavy (non-hydrogen) atoms. The van der Waals surface area contributed by atoms with Gasteiger partial charge in [0.1, 0.15) is 16.5 Å². The molecule has 1 heterocycles. The van der Waals surface area contributed by atoms with E-state index in [0.29, 0.717) is 38.9 Å². The number of thioether (sulfide) groups is 1. The van der Waals surface area contributed by atoms with Gasteiger partial charge in [0, 0.05) is 6.07 Å². The molecule has 0 saturated carbocycles. The molecule has 224 valence electrons. The number of carboxylic acid groups (broad SMARTS) is 1. The minimum absolute atomic E-state index is 0.0506. The Morgan fingerprint density at radius 3 is 2.14 bits per heavy atom. The topological polar surface area (TPSA) is 101 Å². The van der Waals surface area contributed by atoms with Crippen molar-refractivity contribution in [2.75, 3.05) is 5.75 Å². The van der Waals surface area contributed by atoms with Crippen LogP contribution in [0.1, 0.15) is 61.8 Å². The Morgan fingerprint density at radius 1 is 0.841 bits per heavy atom. The van der Waals surface area contributed by atoms with Gasteiger partial charge in [-0.05, 0) is 57.7 Å². The molecule has 5 aromatic rings. The molecule has 0 aliphatic rings. The van der Waals surface area contributed by atoms with E-state index in [-0.39, 0.29) is 17.5 Å². The zero-order valence-corrected chi connectivity index (χ0v) is 26.0. The van der Waals surface area contributed by atoms with Crippen molar-refractivity contribution >= 4 is 34.7 Å². The van der Waals surface area contributed by atoms with Crippen LogP contribution in [0.2, 0.25) is 0 Å². The number of nitrogens with zero attached hydrogens (tertiary/aromatic N) is 2. The van der Waals surface area contributed by atoms with Crippen LogP contribution in [0.4, 0.5) is 0 Å². The summed E-state index contributed by atoms with van der Waals surface area (Å²) in [7, 11) is 0. The molecule has 4 aromatic carbocycles. The molecule has 5 rings (SSSR count). The van der Waals surface area contributed by atoms with E-state index < -0.39 is 17.9 Å². The Labute approximate surface area is 261 Å². The molecule has 0 aliphatic carbocycles. The Hall–Kier alpha value is -4.69. The number of carbonyl (C=O) groups is 2. The van der Waals surface area contributed by atoms with E-state index in [0.717, 1.165) is 11.1 Å². The molecular formula is C36H35N3O4S. The summed E-state index contributed by atoms with van der Waals surface area (Å²) < 4.78 is 6.10. The number of hydrogen-bond donors (Lipinski definition) is 2. The van der Waals surface area contributed by atoms with Crippen molar-refractivity contribution in [3.05, 3.63) is 114 Å². The van der Waals surface area contributed by atoms with Gasteiger partial charge in [0.15, 0.2) is 5.69 Å². The summed E-state index contributed by atoms with van der Waals surface area (Å²) in [6, 6.07) is 30.1. The number of amides is 1. The predicted octanol–water partition coefficient (Wildman–Crippen LogP) is 8.44. The van der Waals surface area contributed by atoms with E-state index in [9.17, 15) is 14.7 Å². The highest BCUT2D eigenvalue weighted by Gasteiger charge is 2.23. The molecule has 0 aliphatic heterocycles. The third kappa shape index (κ3) is 7.44. The van der Waals surface area contributed by atoms with Crippen molar-refractivity contribution in [2.45, 2.75) is 50.6 Å². The van der Waals surface area contributed by atoms with E-state index in [1.165, 1.54) is 17.3 Å². The Balaban J connectivity index is 1.39. The number of fused-ring (bicyclic) bond motifs is 1. The van der Waals surface area contributed by atoms with E-state index in [4.69, 9.17) is 9.72 Å². The maximum Gasteiger partial charge on any atom is 0.305 e. The normalized spacial score (nSPS) is 12.1. The first-order valence-electron chi connectivity index (χ1n) is 14.5. The average molecular weight is 606 g/mol. The summed E-state index contributed by atoms with van der Waals surface area (Å²) in [5, 5.41) is 13.0. The Bertz CT molecular complexity index is 1770. The minimum Gasteiger partial charge on any atom is -0.481 e. The van der Waals surface area contributed by atoms with Gasteiger partial charge in [0.2, 0.25) is 0 Å². The largest absolute Gasteiger partial charge is 0.481 e. The van der Waals surface area contributed by atoms with Gasteiger partial charge < -0.3 is 15.2 Å². The van der Waals surface area contributed by atoms with E-state index in [1.54, 1.807) is 12.1 Å². The van der Waals surface area contributed by atoms with Crippen LogP contribution < -0.4 is 10.1 Å². The summed E-state index contributed by atoms with van der Waals surface area (Å²) in [6.45, 7) is 8.48. The summed E-state index contributed by atoms with van der Waals surface area (Å²) in [4.78, 5) is 34.8. The Kier molecular flexibility index (Phi) is 9.30. The van der Waals surface area contributed by atoms with E-state index in [2.05, 4.69) is 43.2 Å². The number of nitrogens with one attached hydrogen (secondary N) is 1. The summed E-state index contributed by atoms with van der Waals surface area (Å²) in [5.41, 5.74) is 5.31. The fourth-order valence-corrected chi connectivity index (χ4v) is 5.53. The van der Waals surface area contributed by atoms with Crippen LogP contribution in [-0.2, 0) is 10.2 Å². The van der Waals surface area contributed by atoms with Crippen molar-refractivity contribution in [2.24, 2.45) is 0 Å². The van der Waals surface area contributed by atoms with Crippen molar-refractivity contribution in [3.63, 3.8) is 0 Å². The van der Waals surface area contributed by atoms with Gasteiger partial charge in [0.05, 0.1) is 23.5 Å². The Morgan fingerprint density at radius 2 is 1.50 bits per heavy atom. The van der Waals surface area contributed by atoms with Crippen LogP contribution in [0.25, 0.3) is 22.2 Å². The van der Waals surface area contributed by atoms with E-state index in [1.807, 2.05) is 79.7 Å². The second-order valence-corrected chi connectivity index (χ2v) is 12.7. The number of carbonyl (C=O) groups excluding carboxylic acids is 1. The van der Waals surface area contributed by atoms with Crippen LogP contribution in [0.3, 0.4) is 0 Å². The summed E-state index contributed by atoms with van der Waals surface area (Å²) in [6.07, 6.45) is -0.273. The molecule has 1 unspecified atom stereocenters. The highest BCUT2D eigenvalue weighted by atomic mass is 32.2. The lowest BCUT2D eigenvalue weighted by Gasteiger charge is -2.19. The van der Waals surface area contributed by atoms with Crippen LogP contribution in [0.5, 0.6) is 11.5 Å². The van der Waals surface area contributed by atoms with Gasteiger partial charge in [-0.3, -0.25) is 9.59 Å². The van der Waals surface area contributed by atoms with Crippen LogP contribution in [0, 0.1) is 0 Å². The zero-order chi connectivity index (χ0) is 31.3. The van der Waals surface area contributed by atoms with Crippen LogP contribution in [-0.4, -0.2) is 32.7 Å². The smallest absolute Gasteiger partial charge is 0.305 e. The van der Waals surface area contributed by atoms with Crippen molar-refractivity contribution < 1.29 is 19.4 Å². The first kappa shape index (κ1) is 30.8. The number of carboxylic acids is 1. The first-order chi connectivity index (χ1) is 21.1. The van der Waals surface area contributed by atoms with Gasteiger partial charge in [0.25, 0.3) is 5.91 Å². The molecule has 1 aromatic heterocycles. The lowest BCUT2D eigenvalue weighted by molar-refractivity contribution is -0.137. The molecular weight excluding hydrogens is 570 g/mol. The number of aliphatic carboxylic acids is 1. The van der Waals surface area contributed by atoms with Gasteiger partial charge in [-0.2, -0.15) is 0 Å². The molecule has 0 saturated heterocycles. The van der Waals surface area contributed by atoms with Gasteiger partial charge in [-0.1, -0.05) is 94.4 Å². The maximum absolute atomic E-state index is 13.6. The molecule has 0 bridgehead atoms. The summed E-state index contributed by atoms with van der Waals surface area (Å²) in [5.74, 6) is 0.506. The quantitative estimate of drug-likeness (QED) is 0.154. The second kappa shape index (κ2) is 13.3. The van der Waals surface area contributed by atoms with Crippen molar-refractivity contribution in [1.29, 1.82) is 0 Å². The lowest BCUT2D eigenvalue weighted by Crippen LogP contribution is -2.31. The molecule has 7 nitrogen and oxygen atoms in total. The van der Waals surface area contributed by atoms with E-state index >= 15 is 0 Å². The molecule has 1 amide bonds. The third-order valence-electron chi connectivity index (χ3n) is 7.16. The highest BCUT2D eigenvalue weighted by Crippen LogP contribution is 2.30. The van der Waals surface area contributed by atoms with Crippen LogP contribution in [0.15, 0.2) is 102 Å². The van der Waals surface area contributed by atoms with Gasteiger partial charge in [-0.25, -0.2) is 9.97 Å². The minimum atomic E-state index is -1.02. The molecule has 1 atom stereocenters. The monoisotopic (exact) mass is 605 g/mol. The molecule has 0 spiro atoms. The fraction of sp³-hybridized carbons (Fsp3) is 0.222. The number of ether oxygens (including phenoxy) is 1. The zero-order valence-electron chi connectivity index (χ0n) is 25.2. The average Bonchev–Trinajstić information content (AvgIpc) is 3.00. The number of benzene rings is 4. The molecule has 2 N–H and O–H groups in total. The SMILES string of the molecule is CCSc1nc2cc(Oc3ccc(C(C)(C)C)cc3)ccc2nc1C(=O)NC(CC(=O)O)c1ccc(-c2ccccc2)cc1. The van der Waals surface area contributed by atoms with Crippen LogP contribution >= 0.6 is 11.8 Å². The highest BCUT2D eigenvalue weighted by molar-refractivity contribution is 7.99. The van der Waals surface area contributed by atoms with Gasteiger partial charge >= 0.3 is 5.97 Å². The lowest BCUT2D eigenvalue weighted by atomic mass is 9.87. The fourth-order valence-electron chi connectivity index (χ4n) is 4.82. The molecule has 0 radical (unpaired) electrons. The number of aromatic nitrogens is 2. The third-order valence-corrected chi connectivity index (χ3v) is 8.01. The standard InChI is InChI=1S/C36H35N3O4S/c1-5-44-35-33(34(42)38-30(22-32(40)41)25-13-11-24(12-14-25)23-9-7-6-8-10-23)37-29-20-19-28(21-31(29)39-35)43-27-17-15-26(16-18-27)36(2,3)4/h6-21,30H,5,22H2,1-4H3,(H,38,42)(H,40,41). The second-order valence-electron chi connectivity index (χ2n) is 11.4. The first-order valence-corrected chi connectivity index (χ1v) is 15.5. The maximum atomic E-state index is 13.6. The molecule has 0 fully saturated rings. The summed E-state index contributed by atoms with van der Waals surface area (Å²) >= 11 is 1.40. The molecule has 8 heteroatoms. The van der Waals surface area contributed by atoms with Crippen molar-refractivity contribution in [3.8, 4) is 22.6 Å².